The van der Waals surface area contributed by atoms with Gasteiger partial charge >= 0.3 is 5.97 Å². The van der Waals surface area contributed by atoms with Crippen molar-refractivity contribution in [3.05, 3.63) is 77.2 Å². The zero-order chi connectivity index (χ0) is 21.6. The quantitative estimate of drug-likeness (QED) is 0.422. The van der Waals surface area contributed by atoms with Crippen molar-refractivity contribution < 1.29 is 9.53 Å². The number of anilines is 1. The van der Waals surface area contributed by atoms with Gasteiger partial charge in [0.1, 0.15) is 16.4 Å². The van der Waals surface area contributed by atoms with E-state index in [0.717, 1.165) is 27.4 Å². The number of hydrogen-bond acceptors (Lipinski definition) is 8. The van der Waals surface area contributed by atoms with E-state index in [1.54, 1.807) is 30.7 Å². The molecule has 4 aromatic rings. The van der Waals surface area contributed by atoms with Gasteiger partial charge < -0.3 is 10.1 Å². The molecule has 8 heteroatoms. The van der Waals surface area contributed by atoms with E-state index in [1.165, 1.54) is 6.20 Å². The number of ether oxygens (including phenoxy) is 1. The number of aromatic nitrogens is 4. The highest BCUT2D eigenvalue weighted by atomic mass is 32.1. The van der Waals surface area contributed by atoms with Gasteiger partial charge in [-0.05, 0) is 32.0 Å². The first-order chi connectivity index (χ1) is 15.1. The van der Waals surface area contributed by atoms with Crippen LogP contribution < -0.4 is 5.32 Å². The standard InChI is InChI=1S/C23H21N5O2S/c1-3-30-23(29)19-13-26-20(16-7-4-6-15(2)10-16)28-21(19)25-12-18-14-31-22(27-18)17-8-5-9-24-11-17/h4-11,13-14H,3,12H2,1-2H3,(H,25,26,28). The molecule has 0 aliphatic carbocycles. The van der Waals surface area contributed by atoms with Crippen LogP contribution in [0.2, 0.25) is 0 Å². The van der Waals surface area contributed by atoms with Gasteiger partial charge in [0.15, 0.2) is 5.82 Å². The number of nitrogens with zero attached hydrogens (tertiary/aromatic N) is 4. The van der Waals surface area contributed by atoms with Crippen molar-refractivity contribution in [3.8, 4) is 22.0 Å². The summed E-state index contributed by atoms with van der Waals surface area (Å²) in [6, 6.07) is 11.8. The summed E-state index contributed by atoms with van der Waals surface area (Å²) in [5.41, 5.74) is 4.09. The molecule has 0 aliphatic rings. The zero-order valence-corrected chi connectivity index (χ0v) is 18.0. The van der Waals surface area contributed by atoms with E-state index < -0.39 is 5.97 Å². The highest BCUT2D eigenvalue weighted by molar-refractivity contribution is 7.13. The molecule has 0 aliphatic heterocycles. The monoisotopic (exact) mass is 431 g/mol. The first kappa shape index (κ1) is 20.6. The van der Waals surface area contributed by atoms with Gasteiger partial charge in [0.05, 0.1) is 18.8 Å². The fourth-order valence-electron chi connectivity index (χ4n) is 2.98. The van der Waals surface area contributed by atoms with Crippen LogP contribution in [0.5, 0.6) is 0 Å². The summed E-state index contributed by atoms with van der Waals surface area (Å²) in [6.07, 6.45) is 5.03. The van der Waals surface area contributed by atoms with Crippen LogP contribution in [0.25, 0.3) is 22.0 Å². The summed E-state index contributed by atoms with van der Waals surface area (Å²) in [7, 11) is 0. The average Bonchev–Trinajstić information content (AvgIpc) is 3.27. The fourth-order valence-corrected chi connectivity index (χ4v) is 3.79. The van der Waals surface area contributed by atoms with Crippen LogP contribution in [0.15, 0.2) is 60.4 Å². The number of carbonyl (C=O) groups is 1. The molecule has 0 saturated carbocycles. The number of benzene rings is 1. The first-order valence-corrected chi connectivity index (χ1v) is 10.7. The Kier molecular flexibility index (Phi) is 6.28. The molecule has 4 rings (SSSR count). The third kappa shape index (κ3) is 4.92. The Labute approximate surface area is 184 Å². The molecule has 156 valence electrons. The van der Waals surface area contributed by atoms with Crippen molar-refractivity contribution in [2.45, 2.75) is 20.4 Å². The van der Waals surface area contributed by atoms with Crippen LogP contribution in [-0.2, 0) is 11.3 Å². The Morgan fingerprint density at radius 2 is 2.00 bits per heavy atom. The normalized spacial score (nSPS) is 10.6. The number of aryl methyl sites for hydroxylation is 1. The van der Waals surface area contributed by atoms with Gasteiger partial charge in [-0.3, -0.25) is 4.98 Å². The lowest BCUT2D eigenvalue weighted by Crippen LogP contribution is -2.13. The molecular formula is C23H21N5O2S. The van der Waals surface area contributed by atoms with E-state index in [9.17, 15) is 4.79 Å². The second-order valence-electron chi connectivity index (χ2n) is 6.79. The molecule has 0 radical (unpaired) electrons. The van der Waals surface area contributed by atoms with E-state index in [2.05, 4.69) is 25.3 Å². The molecule has 7 nitrogen and oxygen atoms in total. The van der Waals surface area contributed by atoms with Crippen molar-refractivity contribution in [3.63, 3.8) is 0 Å². The maximum Gasteiger partial charge on any atom is 0.343 e. The van der Waals surface area contributed by atoms with Gasteiger partial charge in [-0.15, -0.1) is 11.3 Å². The number of rotatable bonds is 7. The number of esters is 1. The Morgan fingerprint density at radius 3 is 2.77 bits per heavy atom. The lowest BCUT2D eigenvalue weighted by molar-refractivity contribution is 0.0526. The van der Waals surface area contributed by atoms with Gasteiger partial charge in [0, 0.05) is 35.1 Å². The van der Waals surface area contributed by atoms with Crippen molar-refractivity contribution in [2.24, 2.45) is 0 Å². The third-order valence-corrected chi connectivity index (χ3v) is 5.40. The number of thiazole rings is 1. The lowest BCUT2D eigenvalue weighted by atomic mass is 10.1. The van der Waals surface area contributed by atoms with E-state index in [0.29, 0.717) is 23.8 Å². The lowest BCUT2D eigenvalue weighted by Gasteiger charge is -2.11. The second-order valence-corrected chi connectivity index (χ2v) is 7.64. The van der Waals surface area contributed by atoms with Crippen molar-refractivity contribution >= 4 is 23.1 Å². The zero-order valence-electron chi connectivity index (χ0n) is 17.2. The molecular weight excluding hydrogens is 410 g/mol. The topological polar surface area (TPSA) is 89.9 Å². The third-order valence-electron chi connectivity index (χ3n) is 4.46. The van der Waals surface area contributed by atoms with Crippen LogP contribution in [0.4, 0.5) is 5.82 Å². The predicted molar refractivity (Wildman–Crippen MR) is 121 cm³/mol. The highest BCUT2D eigenvalue weighted by Crippen LogP contribution is 2.24. The Balaban J connectivity index is 1.60. The molecule has 0 saturated heterocycles. The van der Waals surface area contributed by atoms with E-state index in [-0.39, 0.29) is 6.61 Å². The molecule has 31 heavy (non-hydrogen) atoms. The molecule has 0 spiro atoms. The summed E-state index contributed by atoms with van der Waals surface area (Å²) in [4.78, 5) is 30.2. The highest BCUT2D eigenvalue weighted by Gasteiger charge is 2.17. The van der Waals surface area contributed by atoms with Crippen molar-refractivity contribution in [2.75, 3.05) is 11.9 Å². The Morgan fingerprint density at radius 1 is 1.13 bits per heavy atom. The van der Waals surface area contributed by atoms with E-state index in [1.807, 2.05) is 48.7 Å². The van der Waals surface area contributed by atoms with Crippen LogP contribution in [0.1, 0.15) is 28.5 Å². The van der Waals surface area contributed by atoms with Gasteiger partial charge in [-0.25, -0.2) is 19.7 Å². The van der Waals surface area contributed by atoms with Crippen molar-refractivity contribution in [1.82, 2.24) is 19.9 Å². The van der Waals surface area contributed by atoms with Crippen LogP contribution in [0, 0.1) is 6.92 Å². The summed E-state index contributed by atoms with van der Waals surface area (Å²) in [5, 5.41) is 6.10. The SMILES string of the molecule is CCOC(=O)c1cnc(-c2cccc(C)c2)nc1NCc1csc(-c2cccnc2)n1. The molecule has 1 aromatic carbocycles. The average molecular weight is 432 g/mol. The van der Waals surface area contributed by atoms with Crippen molar-refractivity contribution in [1.29, 1.82) is 0 Å². The summed E-state index contributed by atoms with van der Waals surface area (Å²) in [5.74, 6) is 0.490. The molecule has 1 N–H and O–H groups in total. The van der Waals surface area contributed by atoms with Gasteiger partial charge in [-0.2, -0.15) is 0 Å². The molecule has 0 unspecified atom stereocenters. The summed E-state index contributed by atoms with van der Waals surface area (Å²) in [6.45, 7) is 4.46. The van der Waals surface area contributed by atoms with Gasteiger partial charge in [0.25, 0.3) is 0 Å². The van der Waals surface area contributed by atoms with Gasteiger partial charge in [-0.1, -0.05) is 23.8 Å². The number of nitrogens with one attached hydrogen (secondary N) is 1. The smallest absolute Gasteiger partial charge is 0.343 e. The van der Waals surface area contributed by atoms with E-state index in [4.69, 9.17) is 4.74 Å². The van der Waals surface area contributed by atoms with Crippen LogP contribution in [0.3, 0.4) is 0 Å². The summed E-state index contributed by atoms with van der Waals surface area (Å²) >= 11 is 1.54. The Hall–Kier alpha value is -3.65. The number of pyridine rings is 1. The maximum atomic E-state index is 12.4. The molecule has 0 atom stereocenters. The Bertz CT molecular complexity index is 1190. The molecule has 3 aromatic heterocycles. The molecule has 3 heterocycles. The molecule has 0 bridgehead atoms. The molecule has 0 fully saturated rings. The largest absolute Gasteiger partial charge is 0.462 e. The summed E-state index contributed by atoms with van der Waals surface area (Å²) < 4.78 is 5.17. The minimum Gasteiger partial charge on any atom is -0.462 e. The fraction of sp³-hybridized carbons (Fsp3) is 0.174. The first-order valence-electron chi connectivity index (χ1n) is 9.84. The predicted octanol–water partition coefficient (Wildman–Crippen LogP) is 4.76. The van der Waals surface area contributed by atoms with Crippen LogP contribution >= 0.6 is 11.3 Å². The maximum absolute atomic E-state index is 12.4. The number of carbonyl (C=O) groups excluding carboxylic acids is 1. The van der Waals surface area contributed by atoms with E-state index >= 15 is 0 Å². The number of hydrogen-bond donors (Lipinski definition) is 1. The minimum absolute atomic E-state index is 0.276. The van der Waals surface area contributed by atoms with Gasteiger partial charge in [0.2, 0.25) is 0 Å². The minimum atomic E-state index is -0.463. The molecule has 0 amide bonds. The van der Waals surface area contributed by atoms with Crippen LogP contribution in [-0.4, -0.2) is 32.5 Å². The second kappa shape index (κ2) is 9.44.